The van der Waals surface area contributed by atoms with Crippen LogP contribution in [0.25, 0.3) is 6.08 Å². The highest BCUT2D eigenvalue weighted by molar-refractivity contribution is 7.10. The number of phenols is 1. The topological polar surface area (TPSA) is 90.8 Å². The van der Waals surface area contributed by atoms with Crippen LogP contribution >= 0.6 is 22.9 Å². The molecule has 0 fully saturated rings. The van der Waals surface area contributed by atoms with Crippen LogP contribution in [0.4, 0.5) is 0 Å². The van der Waals surface area contributed by atoms with E-state index >= 15 is 0 Å². The number of halogens is 1. The fraction of sp³-hybridized carbons (Fsp3) is 0.276. The second-order valence-electron chi connectivity index (χ2n) is 10.7. The number of nitrogens with zero attached hydrogens (tertiary/aromatic N) is 1. The van der Waals surface area contributed by atoms with E-state index in [-0.39, 0.29) is 32.9 Å². The van der Waals surface area contributed by atoms with Gasteiger partial charge < -0.3 is 10.4 Å². The number of amides is 2. The van der Waals surface area contributed by atoms with Crippen LogP contribution in [0.15, 0.2) is 64.7 Å². The van der Waals surface area contributed by atoms with Gasteiger partial charge >= 0.3 is 0 Å². The molecule has 37 heavy (non-hydrogen) atoms. The molecule has 0 spiro atoms. The number of benzene rings is 2. The third-order valence-corrected chi connectivity index (χ3v) is 6.72. The maximum absolute atomic E-state index is 13.0. The highest BCUT2D eigenvalue weighted by Gasteiger charge is 2.26. The molecule has 1 heterocycles. The largest absolute Gasteiger partial charge is 0.507 e. The fourth-order valence-electron chi connectivity index (χ4n) is 3.61. The summed E-state index contributed by atoms with van der Waals surface area (Å²) in [6.07, 6.45) is 3.11. The van der Waals surface area contributed by atoms with Crippen molar-refractivity contribution in [3.8, 4) is 5.75 Å². The molecule has 0 unspecified atom stereocenters. The summed E-state index contributed by atoms with van der Waals surface area (Å²) in [4.78, 5) is 26.7. The molecule has 0 aliphatic carbocycles. The van der Waals surface area contributed by atoms with E-state index in [1.807, 2.05) is 71.2 Å². The van der Waals surface area contributed by atoms with Crippen LogP contribution < -0.4 is 10.7 Å². The molecule has 3 rings (SSSR count). The molecule has 3 aromatic rings. The van der Waals surface area contributed by atoms with Crippen molar-refractivity contribution in [2.24, 2.45) is 5.10 Å². The lowest BCUT2D eigenvalue weighted by Gasteiger charge is -2.27. The van der Waals surface area contributed by atoms with Crippen molar-refractivity contribution in [1.82, 2.24) is 10.7 Å². The number of hydrazone groups is 1. The fourth-order valence-corrected chi connectivity index (χ4v) is 4.49. The summed E-state index contributed by atoms with van der Waals surface area (Å²) in [5.41, 5.74) is 4.51. The van der Waals surface area contributed by atoms with Crippen LogP contribution in [0, 0.1) is 0 Å². The van der Waals surface area contributed by atoms with Gasteiger partial charge in [0.05, 0.1) is 16.8 Å². The van der Waals surface area contributed by atoms with Crippen LogP contribution in [0.2, 0.25) is 5.02 Å². The maximum atomic E-state index is 13.0. The van der Waals surface area contributed by atoms with Crippen molar-refractivity contribution in [1.29, 1.82) is 0 Å². The van der Waals surface area contributed by atoms with Crippen LogP contribution in [0.3, 0.4) is 0 Å². The van der Waals surface area contributed by atoms with E-state index in [1.165, 1.54) is 17.6 Å². The second kappa shape index (κ2) is 11.3. The molecule has 3 N–H and O–H groups in total. The molecule has 0 aliphatic heterocycles. The molecule has 2 amide bonds. The average molecular weight is 538 g/mol. The Morgan fingerprint density at radius 1 is 0.973 bits per heavy atom. The number of nitrogens with one attached hydrogen (secondary N) is 2. The van der Waals surface area contributed by atoms with Crippen LogP contribution in [0.5, 0.6) is 5.75 Å². The summed E-state index contributed by atoms with van der Waals surface area (Å²) in [5.74, 6) is -0.823. The summed E-state index contributed by atoms with van der Waals surface area (Å²) in [5, 5.41) is 19.9. The summed E-state index contributed by atoms with van der Waals surface area (Å²) in [6, 6.07) is 14.0. The molecule has 0 radical (unpaired) electrons. The molecule has 0 bridgehead atoms. The Morgan fingerprint density at radius 2 is 1.59 bits per heavy atom. The maximum Gasteiger partial charge on any atom is 0.287 e. The van der Waals surface area contributed by atoms with Gasteiger partial charge in [0.25, 0.3) is 11.8 Å². The van der Waals surface area contributed by atoms with E-state index in [0.29, 0.717) is 0 Å². The first-order valence-electron chi connectivity index (χ1n) is 11.8. The van der Waals surface area contributed by atoms with Gasteiger partial charge in [0.1, 0.15) is 11.4 Å². The average Bonchev–Trinajstić information content (AvgIpc) is 3.31. The molecule has 8 heteroatoms. The normalized spacial score (nSPS) is 12.6. The molecule has 2 aromatic carbocycles. The molecule has 1 aromatic heterocycles. The Labute approximate surface area is 227 Å². The number of hydrogen-bond donors (Lipinski definition) is 3. The van der Waals surface area contributed by atoms with Gasteiger partial charge in [-0.05, 0) is 58.2 Å². The third kappa shape index (κ3) is 7.31. The first-order chi connectivity index (χ1) is 17.3. The Kier molecular flexibility index (Phi) is 8.61. The summed E-state index contributed by atoms with van der Waals surface area (Å²) >= 11 is 7.59. The zero-order chi connectivity index (χ0) is 27.4. The van der Waals surface area contributed by atoms with Crippen molar-refractivity contribution >= 4 is 47.0 Å². The minimum absolute atomic E-state index is 0.0287. The molecular weight excluding hydrogens is 506 g/mol. The quantitative estimate of drug-likeness (QED) is 0.187. The van der Waals surface area contributed by atoms with Crippen LogP contribution in [-0.2, 0) is 15.6 Å². The van der Waals surface area contributed by atoms with Crippen molar-refractivity contribution in [3.63, 3.8) is 0 Å². The van der Waals surface area contributed by atoms with Gasteiger partial charge in [-0.2, -0.15) is 5.10 Å². The Hall–Kier alpha value is -3.42. The molecule has 0 atom stereocenters. The van der Waals surface area contributed by atoms with Crippen molar-refractivity contribution in [2.45, 2.75) is 52.4 Å². The number of rotatable bonds is 6. The highest BCUT2D eigenvalue weighted by Crippen LogP contribution is 2.39. The second-order valence-corrected chi connectivity index (χ2v) is 12.1. The van der Waals surface area contributed by atoms with E-state index < -0.39 is 11.8 Å². The number of carbonyl (C=O) groups is 2. The molecule has 0 aliphatic rings. The molecular formula is C29H32ClN3O3S. The number of thiophene rings is 1. The third-order valence-electron chi connectivity index (χ3n) is 5.57. The van der Waals surface area contributed by atoms with Gasteiger partial charge in [-0.3, -0.25) is 9.59 Å². The molecule has 6 nitrogen and oxygen atoms in total. The standard InChI is InChI=1S/C29H32ClN3O3S/c1-28(2,3)21-14-18(15-22(25(21)34)29(4,5)6)17-31-33-27(36)24(16-19-10-9-13-37-19)32-26(35)20-11-7-8-12-23(20)30/h7-17,34H,1-6H3,(H,32,35)(H,33,36)/b24-16-,31-17?. The lowest BCUT2D eigenvalue weighted by atomic mass is 9.78. The van der Waals surface area contributed by atoms with Gasteiger partial charge in [-0.15, -0.1) is 11.3 Å². The van der Waals surface area contributed by atoms with Gasteiger partial charge in [0, 0.05) is 16.0 Å². The first-order valence-corrected chi connectivity index (χ1v) is 13.1. The number of carbonyl (C=O) groups excluding carboxylic acids is 2. The van der Waals surface area contributed by atoms with Gasteiger partial charge in [0.15, 0.2) is 0 Å². The predicted molar refractivity (Wildman–Crippen MR) is 152 cm³/mol. The Morgan fingerprint density at radius 3 is 2.14 bits per heavy atom. The van der Waals surface area contributed by atoms with Crippen molar-refractivity contribution in [3.05, 3.63) is 91.8 Å². The summed E-state index contributed by atoms with van der Waals surface area (Å²) < 4.78 is 0. The van der Waals surface area contributed by atoms with Gasteiger partial charge in [0.2, 0.25) is 0 Å². The molecule has 0 saturated heterocycles. The highest BCUT2D eigenvalue weighted by atomic mass is 35.5. The van der Waals surface area contributed by atoms with Crippen LogP contribution in [-0.4, -0.2) is 23.1 Å². The first kappa shape index (κ1) is 28.2. The van der Waals surface area contributed by atoms with E-state index in [1.54, 1.807) is 30.3 Å². The van der Waals surface area contributed by atoms with Crippen molar-refractivity contribution in [2.75, 3.05) is 0 Å². The van der Waals surface area contributed by atoms with Crippen LogP contribution in [0.1, 0.15) is 73.5 Å². The number of aromatic hydroxyl groups is 1. The zero-order valence-electron chi connectivity index (χ0n) is 21.8. The minimum atomic E-state index is -0.587. The Bertz CT molecular complexity index is 1310. The summed E-state index contributed by atoms with van der Waals surface area (Å²) in [6.45, 7) is 12.2. The predicted octanol–water partition coefficient (Wildman–Crippen LogP) is 6.62. The molecule has 194 valence electrons. The Balaban J connectivity index is 1.88. The van der Waals surface area contributed by atoms with E-state index in [2.05, 4.69) is 15.8 Å². The smallest absolute Gasteiger partial charge is 0.287 e. The van der Waals surface area contributed by atoms with Gasteiger partial charge in [-0.1, -0.05) is 71.3 Å². The number of hydrogen-bond acceptors (Lipinski definition) is 5. The van der Waals surface area contributed by atoms with E-state index in [9.17, 15) is 14.7 Å². The van der Waals surface area contributed by atoms with E-state index in [4.69, 9.17) is 11.6 Å². The SMILES string of the molecule is CC(C)(C)c1cc(C=NNC(=O)/C(=C/c2cccs2)NC(=O)c2ccccc2Cl)cc(C(C)(C)C)c1O. The summed E-state index contributed by atoms with van der Waals surface area (Å²) in [7, 11) is 0. The van der Waals surface area contributed by atoms with Crippen molar-refractivity contribution < 1.29 is 14.7 Å². The molecule has 0 saturated carbocycles. The minimum Gasteiger partial charge on any atom is -0.507 e. The number of phenolic OH excluding ortho intramolecular Hbond substituents is 1. The lowest BCUT2D eigenvalue weighted by Crippen LogP contribution is -2.33. The monoisotopic (exact) mass is 537 g/mol. The van der Waals surface area contributed by atoms with E-state index in [0.717, 1.165) is 21.6 Å². The zero-order valence-corrected chi connectivity index (χ0v) is 23.4. The van der Waals surface area contributed by atoms with Gasteiger partial charge in [-0.25, -0.2) is 5.43 Å². The lowest BCUT2D eigenvalue weighted by molar-refractivity contribution is -0.117.